The fourth-order valence-corrected chi connectivity index (χ4v) is 2.97. The molecule has 0 unspecified atom stereocenters. The van der Waals surface area contributed by atoms with E-state index >= 15 is 0 Å². The first-order valence-electron chi connectivity index (χ1n) is 7.99. The van der Waals surface area contributed by atoms with Gasteiger partial charge in [-0.1, -0.05) is 42.5 Å². The van der Waals surface area contributed by atoms with Gasteiger partial charge in [0.2, 0.25) is 0 Å². The number of benzene rings is 2. The summed E-state index contributed by atoms with van der Waals surface area (Å²) in [5.74, 6) is 0. The van der Waals surface area contributed by atoms with Crippen molar-refractivity contribution >= 4 is 5.69 Å². The van der Waals surface area contributed by atoms with E-state index in [-0.39, 0.29) is 0 Å². The molecule has 1 aliphatic rings. The van der Waals surface area contributed by atoms with Crippen molar-refractivity contribution < 1.29 is 0 Å². The fraction of sp³-hybridized carbons (Fsp3) is 0.368. The molecule has 2 heteroatoms. The number of nitrogens with zero attached hydrogens (tertiary/aromatic N) is 1. The lowest BCUT2D eigenvalue weighted by atomic mass is 10.1. The molecule has 0 spiro atoms. The van der Waals surface area contributed by atoms with Crippen molar-refractivity contribution in [3.63, 3.8) is 0 Å². The van der Waals surface area contributed by atoms with Crippen molar-refractivity contribution in [2.45, 2.75) is 25.8 Å². The lowest BCUT2D eigenvalue weighted by Crippen LogP contribution is -2.18. The summed E-state index contributed by atoms with van der Waals surface area (Å²) in [5, 5.41) is 3.54. The average molecular weight is 280 g/mol. The van der Waals surface area contributed by atoms with Crippen molar-refractivity contribution in [2.75, 3.05) is 25.0 Å². The topological polar surface area (TPSA) is 15.3 Å². The Labute approximate surface area is 127 Å². The summed E-state index contributed by atoms with van der Waals surface area (Å²) in [6, 6.07) is 19.5. The van der Waals surface area contributed by atoms with E-state index in [1.165, 1.54) is 42.7 Å². The molecule has 1 aliphatic heterocycles. The van der Waals surface area contributed by atoms with E-state index < -0.39 is 0 Å². The molecule has 0 aromatic heterocycles. The lowest BCUT2D eigenvalue weighted by molar-refractivity contribution is 0.331. The predicted molar refractivity (Wildman–Crippen MR) is 89.6 cm³/mol. The van der Waals surface area contributed by atoms with E-state index in [1.54, 1.807) is 0 Å². The summed E-state index contributed by atoms with van der Waals surface area (Å²) < 4.78 is 0. The highest BCUT2D eigenvalue weighted by atomic mass is 15.1. The van der Waals surface area contributed by atoms with Crippen molar-refractivity contribution in [3.05, 3.63) is 65.7 Å². The summed E-state index contributed by atoms with van der Waals surface area (Å²) in [7, 11) is 0. The molecular weight excluding hydrogens is 256 g/mol. The van der Waals surface area contributed by atoms with Crippen LogP contribution in [-0.2, 0) is 13.0 Å². The molecule has 1 fully saturated rings. The number of rotatable bonds is 6. The van der Waals surface area contributed by atoms with Gasteiger partial charge in [0.15, 0.2) is 0 Å². The molecule has 0 atom stereocenters. The van der Waals surface area contributed by atoms with Gasteiger partial charge in [-0.15, -0.1) is 0 Å². The maximum atomic E-state index is 3.54. The molecule has 2 aromatic rings. The minimum absolute atomic E-state index is 0.983. The second-order valence-corrected chi connectivity index (χ2v) is 5.85. The van der Waals surface area contributed by atoms with Gasteiger partial charge in [0.1, 0.15) is 0 Å². The van der Waals surface area contributed by atoms with Crippen LogP contribution in [0.5, 0.6) is 0 Å². The second kappa shape index (κ2) is 7.28. The molecule has 3 rings (SSSR count). The normalized spacial score (nSPS) is 15.2. The highest BCUT2D eigenvalue weighted by Gasteiger charge is 2.11. The minimum atomic E-state index is 0.983. The van der Waals surface area contributed by atoms with Gasteiger partial charge < -0.3 is 5.32 Å². The van der Waals surface area contributed by atoms with Gasteiger partial charge in [-0.2, -0.15) is 0 Å². The first-order valence-corrected chi connectivity index (χ1v) is 7.99. The molecule has 21 heavy (non-hydrogen) atoms. The first kappa shape index (κ1) is 14.2. The van der Waals surface area contributed by atoms with Crippen LogP contribution in [0.4, 0.5) is 5.69 Å². The molecule has 0 radical (unpaired) electrons. The Balaban J connectivity index is 1.51. The molecule has 110 valence electrons. The van der Waals surface area contributed by atoms with E-state index in [2.05, 4.69) is 64.8 Å². The van der Waals surface area contributed by atoms with Crippen molar-refractivity contribution in [2.24, 2.45) is 0 Å². The van der Waals surface area contributed by atoms with E-state index in [1.807, 2.05) is 0 Å². The Morgan fingerprint density at radius 3 is 2.43 bits per heavy atom. The van der Waals surface area contributed by atoms with E-state index in [0.29, 0.717) is 0 Å². The summed E-state index contributed by atoms with van der Waals surface area (Å²) in [6.45, 7) is 4.59. The molecule has 0 amide bonds. The molecule has 2 aromatic carbocycles. The Morgan fingerprint density at radius 1 is 0.857 bits per heavy atom. The van der Waals surface area contributed by atoms with Crippen molar-refractivity contribution in [3.8, 4) is 0 Å². The van der Waals surface area contributed by atoms with E-state index in [9.17, 15) is 0 Å². The third-order valence-electron chi connectivity index (χ3n) is 4.12. The maximum absolute atomic E-state index is 3.54. The van der Waals surface area contributed by atoms with Crippen molar-refractivity contribution in [1.29, 1.82) is 0 Å². The molecule has 0 saturated carbocycles. The van der Waals surface area contributed by atoms with Crippen LogP contribution in [-0.4, -0.2) is 24.5 Å². The van der Waals surface area contributed by atoms with Crippen LogP contribution in [0.3, 0.4) is 0 Å². The van der Waals surface area contributed by atoms with Gasteiger partial charge in [0.25, 0.3) is 0 Å². The second-order valence-electron chi connectivity index (χ2n) is 5.85. The Kier molecular flexibility index (Phi) is 4.90. The molecule has 1 N–H and O–H groups in total. The van der Waals surface area contributed by atoms with Gasteiger partial charge in [0.05, 0.1) is 0 Å². The molecule has 1 saturated heterocycles. The predicted octanol–water partition coefficient (Wildman–Crippen LogP) is 3.94. The number of hydrogen-bond acceptors (Lipinski definition) is 2. The zero-order valence-electron chi connectivity index (χ0n) is 12.6. The van der Waals surface area contributed by atoms with Crippen LogP contribution >= 0.6 is 0 Å². The number of hydrogen-bond donors (Lipinski definition) is 1. The smallest absolute Gasteiger partial charge is 0.0343 e. The van der Waals surface area contributed by atoms with Crippen molar-refractivity contribution in [1.82, 2.24) is 4.90 Å². The third kappa shape index (κ3) is 4.33. The SMILES string of the molecule is c1ccc(CCNc2cccc(CN3CCCC3)c2)cc1. The standard InChI is InChI=1S/C19H24N2/c1-2-7-17(8-3-1)11-12-20-19-10-6-9-18(15-19)16-21-13-4-5-14-21/h1-3,6-10,15,20H,4-5,11-14,16H2. The minimum Gasteiger partial charge on any atom is -0.385 e. The fourth-order valence-electron chi connectivity index (χ4n) is 2.97. The number of anilines is 1. The maximum Gasteiger partial charge on any atom is 0.0343 e. The highest BCUT2D eigenvalue weighted by Crippen LogP contribution is 2.16. The Bertz CT molecular complexity index is 545. The van der Waals surface area contributed by atoms with E-state index in [0.717, 1.165) is 19.5 Å². The summed E-state index contributed by atoms with van der Waals surface area (Å²) in [6.07, 6.45) is 3.78. The molecule has 0 aliphatic carbocycles. The third-order valence-corrected chi connectivity index (χ3v) is 4.12. The Hall–Kier alpha value is -1.80. The Morgan fingerprint density at radius 2 is 1.62 bits per heavy atom. The highest BCUT2D eigenvalue weighted by molar-refractivity contribution is 5.45. The zero-order chi connectivity index (χ0) is 14.3. The molecule has 2 nitrogen and oxygen atoms in total. The van der Waals surface area contributed by atoms with Gasteiger partial charge in [-0.3, -0.25) is 4.90 Å². The monoisotopic (exact) mass is 280 g/mol. The summed E-state index contributed by atoms with van der Waals surface area (Å²) >= 11 is 0. The van der Waals surface area contributed by atoms with E-state index in [4.69, 9.17) is 0 Å². The quantitative estimate of drug-likeness (QED) is 0.862. The number of nitrogens with one attached hydrogen (secondary N) is 1. The van der Waals surface area contributed by atoms with Gasteiger partial charge in [0, 0.05) is 18.8 Å². The zero-order valence-corrected chi connectivity index (χ0v) is 12.6. The largest absolute Gasteiger partial charge is 0.385 e. The molecule has 1 heterocycles. The lowest BCUT2D eigenvalue weighted by Gasteiger charge is -2.15. The summed E-state index contributed by atoms with van der Waals surface area (Å²) in [4.78, 5) is 2.54. The van der Waals surface area contributed by atoms with Crippen LogP contribution < -0.4 is 5.32 Å². The van der Waals surface area contributed by atoms with Crippen LogP contribution in [0.1, 0.15) is 24.0 Å². The van der Waals surface area contributed by atoms with Crippen LogP contribution in [0.25, 0.3) is 0 Å². The first-order chi connectivity index (χ1) is 10.4. The average Bonchev–Trinajstić information content (AvgIpc) is 3.02. The summed E-state index contributed by atoms with van der Waals surface area (Å²) in [5.41, 5.74) is 4.04. The molecule has 0 bridgehead atoms. The number of likely N-dealkylation sites (tertiary alicyclic amines) is 1. The van der Waals surface area contributed by atoms with Gasteiger partial charge in [-0.05, 0) is 55.6 Å². The van der Waals surface area contributed by atoms with Crippen LogP contribution in [0.2, 0.25) is 0 Å². The molecular formula is C19H24N2. The van der Waals surface area contributed by atoms with Gasteiger partial charge in [-0.25, -0.2) is 0 Å². The van der Waals surface area contributed by atoms with Crippen LogP contribution in [0, 0.1) is 0 Å². The van der Waals surface area contributed by atoms with Crippen LogP contribution in [0.15, 0.2) is 54.6 Å². The van der Waals surface area contributed by atoms with Gasteiger partial charge >= 0.3 is 0 Å².